The molecule has 0 unspecified atom stereocenters. The van der Waals surface area contributed by atoms with Crippen LogP contribution in [0.3, 0.4) is 0 Å². The van der Waals surface area contributed by atoms with Gasteiger partial charge in [0, 0.05) is 37.4 Å². The Balaban J connectivity index is 2.17. The van der Waals surface area contributed by atoms with Crippen molar-refractivity contribution in [2.75, 3.05) is 38.2 Å². The van der Waals surface area contributed by atoms with Crippen LogP contribution in [0, 0.1) is 6.92 Å². The number of methoxy groups -OCH3 is 1. The van der Waals surface area contributed by atoms with Crippen molar-refractivity contribution in [2.24, 2.45) is 0 Å². The summed E-state index contributed by atoms with van der Waals surface area (Å²) in [5.41, 5.74) is 1.87. The van der Waals surface area contributed by atoms with Gasteiger partial charge in [-0.1, -0.05) is 0 Å². The van der Waals surface area contributed by atoms with E-state index in [1.54, 1.807) is 11.0 Å². The van der Waals surface area contributed by atoms with Crippen LogP contribution in [0.4, 0.5) is 10.5 Å². The minimum atomic E-state index is -0.529. The van der Waals surface area contributed by atoms with E-state index < -0.39 is 11.6 Å². The zero-order valence-corrected chi connectivity index (χ0v) is 16.0. The van der Waals surface area contributed by atoms with E-state index in [-0.39, 0.29) is 6.09 Å². The second-order valence-corrected chi connectivity index (χ2v) is 7.27. The Hall–Kier alpha value is -2.57. The number of aldehydes is 1. The number of carbonyl (C=O) groups is 3. The topological polar surface area (TPSA) is 76.2 Å². The first kappa shape index (κ1) is 19.8. The predicted octanol–water partition coefficient (Wildman–Crippen LogP) is 2.65. The van der Waals surface area contributed by atoms with Crippen LogP contribution in [0.15, 0.2) is 12.1 Å². The first-order valence-electron chi connectivity index (χ1n) is 8.57. The van der Waals surface area contributed by atoms with Crippen molar-refractivity contribution in [3.63, 3.8) is 0 Å². The Labute approximate surface area is 153 Å². The van der Waals surface area contributed by atoms with Gasteiger partial charge in [-0.05, 0) is 45.4 Å². The van der Waals surface area contributed by atoms with Crippen molar-refractivity contribution in [2.45, 2.75) is 33.3 Å². The number of nitrogens with zero attached hydrogens (tertiary/aromatic N) is 2. The molecule has 1 aliphatic heterocycles. The summed E-state index contributed by atoms with van der Waals surface area (Å²) < 4.78 is 10.2. The summed E-state index contributed by atoms with van der Waals surface area (Å²) in [4.78, 5) is 39.2. The highest BCUT2D eigenvalue weighted by Gasteiger charge is 2.27. The van der Waals surface area contributed by atoms with Crippen LogP contribution >= 0.6 is 0 Å². The number of hydrogen-bond donors (Lipinski definition) is 0. The number of anilines is 1. The van der Waals surface area contributed by atoms with Crippen molar-refractivity contribution in [1.82, 2.24) is 4.90 Å². The summed E-state index contributed by atoms with van der Waals surface area (Å²) in [7, 11) is 1.31. The zero-order valence-electron chi connectivity index (χ0n) is 16.0. The lowest BCUT2D eigenvalue weighted by Crippen LogP contribution is -2.50. The molecule has 0 bridgehead atoms. The lowest BCUT2D eigenvalue weighted by Gasteiger charge is -2.37. The highest BCUT2D eigenvalue weighted by atomic mass is 16.6. The van der Waals surface area contributed by atoms with Gasteiger partial charge in [0.05, 0.1) is 12.7 Å². The second-order valence-electron chi connectivity index (χ2n) is 7.27. The molecule has 0 spiro atoms. The van der Waals surface area contributed by atoms with Gasteiger partial charge in [-0.2, -0.15) is 0 Å². The number of esters is 1. The molecule has 0 N–H and O–H groups in total. The minimum absolute atomic E-state index is 0.328. The molecule has 7 heteroatoms. The fourth-order valence-corrected chi connectivity index (χ4v) is 2.86. The van der Waals surface area contributed by atoms with Crippen molar-refractivity contribution < 1.29 is 23.9 Å². The van der Waals surface area contributed by atoms with Gasteiger partial charge in [-0.15, -0.1) is 0 Å². The van der Waals surface area contributed by atoms with Crippen LogP contribution in [0.5, 0.6) is 0 Å². The fraction of sp³-hybridized carbons (Fsp3) is 0.526. The molecular weight excluding hydrogens is 336 g/mol. The Morgan fingerprint density at radius 2 is 1.73 bits per heavy atom. The molecule has 1 aromatic rings. The second kappa shape index (κ2) is 7.76. The molecule has 1 heterocycles. The van der Waals surface area contributed by atoms with E-state index in [1.807, 2.05) is 27.7 Å². The molecule has 1 amide bonds. The lowest BCUT2D eigenvalue weighted by molar-refractivity contribution is 0.0240. The summed E-state index contributed by atoms with van der Waals surface area (Å²) in [6.07, 6.45) is 0.410. The normalized spacial score (nSPS) is 14.8. The number of benzene rings is 1. The molecule has 1 aliphatic rings. The van der Waals surface area contributed by atoms with Crippen molar-refractivity contribution in [3.8, 4) is 0 Å². The smallest absolute Gasteiger partial charge is 0.410 e. The minimum Gasteiger partial charge on any atom is -0.465 e. The molecule has 0 radical (unpaired) electrons. The van der Waals surface area contributed by atoms with E-state index in [2.05, 4.69) is 4.90 Å². The van der Waals surface area contributed by atoms with Crippen molar-refractivity contribution in [3.05, 3.63) is 28.8 Å². The first-order chi connectivity index (χ1) is 12.2. The number of piperazine rings is 1. The van der Waals surface area contributed by atoms with Crippen LogP contribution in [0.1, 0.15) is 47.1 Å². The summed E-state index contributed by atoms with van der Waals surface area (Å²) in [5, 5.41) is 0. The third-order valence-electron chi connectivity index (χ3n) is 4.24. The van der Waals surface area contributed by atoms with Gasteiger partial charge in [0.15, 0.2) is 0 Å². The molecule has 1 aromatic carbocycles. The highest BCUT2D eigenvalue weighted by Crippen LogP contribution is 2.26. The SMILES string of the molecule is COC(=O)c1cc(C=O)c(C)c(N2CCN(C(=O)OC(C)(C)C)CC2)c1. The number of amides is 1. The monoisotopic (exact) mass is 362 g/mol. The van der Waals surface area contributed by atoms with E-state index in [9.17, 15) is 14.4 Å². The molecular formula is C19H26N2O5. The van der Waals surface area contributed by atoms with Crippen LogP contribution in [-0.2, 0) is 9.47 Å². The van der Waals surface area contributed by atoms with Gasteiger partial charge >= 0.3 is 12.1 Å². The zero-order chi connectivity index (χ0) is 19.5. The van der Waals surface area contributed by atoms with E-state index in [0.29, 0.717) is 37.3 Å². The third-order valence-corrected chi connectivity index (χ3v) is 4.24. The molecule has 1 fully saturated rings. The molecule has 1 saturated heterocycles. The average Bonchev–Trinajstić information content (AvgIpc) is 2.60. The quantitative estimate of drug-likeness (QED) is 0.608. The van der Waals surface area contributed by atoms with Gasteiger partial charge in [0.2, 0.25) is 0 Å². The molecule has 0 aliphatic carbocycles. The van der Waals surface area contributed by atoms with Crippen LogP contribution < -0.4 is 4.90 Å². The fourth-order valence-electron chi connectivity index (χ4n) is 2.86. The highest BCUT2D eigenvalue weighted by molar-refractivity contribution is 5.94. The molecule has 142 valence electrons. The number of hydrogen-bond acceptors (Lipinski definition) is 6. The van der Waals surface area contributed by atoms with E-state index in [4.69, 9.17) is 9.47 Å². The predicted molar refractivity (Wildman–Crippen MR) is 97.9 cm³/mol. The summed E-state index contributed by atoms with van der Waals surface area (Å²) in [6, 6.07) is 3.27. The van der Waals surface area contributed by atoms with Crippen molar-refractivity contribution >= 4 is 24.0 Å². The number of ether oxygens (including phenoxy) is 2. The first-order valence-corrected chi connectivity index (χ1v) is 8.57. The maximum absolute atomic E-state index is 12.2. The summed E-state index contributed by atoms with van der Waals surface area (Å²) >= 11 is 0. The molecule has 0 atom stereocenters. The van der Waals surface area contributed by atoms with E-state index >= 15 is 0 Å². The molecule has 0 saturated carbocycles. The maximum atomic E-state index is 12.2. The summed E-state index contributed by atoms with van der Waals surface area (Å²) in [6.45, 7) is 9.55. The van der Waals surface area contributed by atoms with E-state index in [0.717, 1.165) is 17.5 Å². The summed E-state index contributed by atoms with van der Waals surface area (Å²) in [5.74, 6) is -0.484. The number of carbonyl (C=O) groups excluding carboxylic acids is 3. The molecule has 0 aromatic heterocycles. The molecule has 2 rings (SSSR count). The van der Waals surface area contributed by atoms with Gasteiger partial charge in [-0.25, -0.2) is 9.59 Å². The van der Waals surface area contributed by atoms with Crippen LogP contribution in [-0.4, -0.2) is 62.1 Å². The van der Waals surface area contributed by atoms with Gasteiger partial charge in [-0.3, -0.25) is 4.79 Å². The van der Waals surface area contributed by atoms with Crippen molar-refractivity contribution in [1.29, 1.82) is 0 Å². The van der Waals surface area contributed by atoms with Gasteiger partial charge < -0.3 is 19.3 Å². The Morgan fingerprint density at radius 3 is 2.23 bits per heavy atom. The van der Waals surface area contributed by atoms with Gasteiger partial charge in [0.25, 0.3) is 0 Å². The maximum Gasteiger partial charge on any atom is 0.410 e. The van der Waals surface area contributed by atoms with E-state index in [1.165, 1.54) is 13.2 Å². The lowest BCUT2D eigenvalue weighted by atomic mass is 10.0. The van der Waals surface area contributed by atoms with Crippen LogP contribution in [0.25, 0.3) is 0 Å². The van der Waals surface area contributed by atoms with Gasteiger partial charge in [0.1, 0.15) is 11.9 Å². The standard InChI is InChI=1S/C19H26N2O5/c1-13-15(12-22)10-14(17(23)25-5)11-16(13)20-6-8-21(9-7-20)18(24)26-19(2,3)4/h10-12H,6-9H2,1-5H3. The average molecular weight is 362 g/mol. The Morgan fingerprint density at radius 1 is 1.12 bits per heavy atom. The Kier molecular flexibility index (Phi) is 5.90. The Bertz CT molecular complexity index is 701. The number of rotatable bonds is 3. The largest absolute Gasteiger partial charge is 0.465 e. The molecule has 26 heavy (non-hydrogen) atoms. The molecule has 7 nitrogen and oxygen atoms in total. The van der Waals surface area contributed by atoms with Crippen LogP contribution in [0.2, 0.25) is 0 Å². The third kappa shape index (κ3) is 4.53.